The number of hydrogen-bond acceptors (Lipinski definition) is 4. The van der Waals surface area contributed by atoms with Crippen molar-refractivity contribution in [3.8, 4) is 0 Å². The van der Waals surface area contributed by atoms with Crippen molar-refractivity contribution in [1.82, 2.24) is 10.6 Å². The lowest BCUT2D eigenvalue weighted by molar-refractivity contribution is -0.145. The van der Waals surface area contributed by atoms with Crippen molar-refractivity contribution in [1.29, 1.82) is 0 Å². The van der Waals surface area contributed by atoms with Gasteiger partial charge >= 0.3 is 5.97 Å². The van der Waals surface area contributed by atoms with Crippen LogP contribution < -0.4 is 10.6 Å². The van der Waals surface area contributed by atoms with Crippen LogP contribution in [-0.2, 0) is 9.59 Å². The fraction of sp³-hybridized carbons (Fsp3) is 0.318. The van der Waals surface area contributed by atoms with Crippen molar-refractivity contribution in [2.75, 3.05) is 0 Å². The molecule has 0 aliphatic carbocycles. The maximum atomic E-state index is 12.6. The van der Waals surface area contributed by atoms with Crippen LogP contribution in [0.4, 0.5) is 0 Å². The zero-order chi connectivity index (χ0) is 21.4. The first-order chi connectivity index (χ1) is 13.8. The summed E-state index contributed by atoms with van der Waals surface area (Å²) >= 11 is 0. The number of rotatable bonds is 9. The molecule has 4 atom stereocenters. The lowest BCUT2D eigenvalue weighted by atomic mass is 9.97. The summed E-state index contributed by atoms with van der Waals surface area (Å²) in [5.41, 5.74) is 0.902. The molecule has 0 saturated carbocycles. The molecule has 29 heavy (non-hydrogen) atoms. The molecule has 0 aliphatic heterocycles. The first kappa shape index (κ1) is 22.1. The van der Waals surface area contributed by atoms with Crippen LogP contribution in [0.5, 0.6) is 0 Å². The van der Waals surface area contributed by atoms with Gasteiger partial charge in [0.1, 0.15) is 6.04 Å². The van der Waals surface area contributed by atoms with Gasteiger partial charge in [-0.1, -0.05) is 68.8 Å². The van der Waals surface area contributed by atoms with E-state index in [0.29, 0.717) is 17.5 Å². The lowest BCUT2D eigenvalue weighted by Gasteiger charge is -2.27. The zero-order valence-electron chi connectivity index (χ0n) is 16.4. The third-order valence-electron chi connectivity index (χ3n) is 4.84. The molecule has 0 heterocycles. The van der Waals surface area contributed by atoms with Crippen LogP contribution in [0.1, 0.15) is 42.2 Å². The van der Waals surface area contributed by atoms with E-state index in [1.54, 1.807) is 67.6 Å². The molecule has 0 aliphatic rings. The molecule has 0 radical (unpaired) electrons. The number of benzene rings is 2. The van der Waals surface area contributed by atoms with Crippen molar-refractivity contribution >= 4 is 17.8 Å². The van der Waals surface area contributed by atoms with Crippen LogP contribution in [0, 0.1) is 5.92 Å². The van der Waals surface area contributed by atoms with Gasteiger partial charge in [-0.15, -0.1) is 0 Å². The van der Waals surface area contributed by atoms with Crippen LogP contribution in [0.15, 0.2) is 60.7 Å². The Morgan fingerprint density at radius 3 is 2.00 bits per heavy atom. The van der Waals surface area contributed by atoms with Gasteiger partial charge in [-0.25, -0.2) is 4.79 Å². The molecule has 7 nitrogen and oxygen atoms in total. The molecule has 4 N–H and O–H groups in total. The minimum atomic E-state index is -1.67. The van der Waals surface area contributed by atoms with Gasteiger partial charge in [0.25, 0.3) is 11.8 Å². The normalized spacial score (nSPS) is 14.9. The first-order valence-electron chi connectivity index (χ1n) is 9.47. The second kappa shape index (κ2) is 10.4. The van der Waals surface area contributed by atoms with Crippen LogP contribution in [-0.4, -0.2) is 40.1 Å². The molecule has 0 unspecified atom stereocenters. The number of nitrogens with one attached hydrogen (secondary N) is 2. The number of aliphatic carboxylic acids is 1. The summed E-state index contributed by atoms with van der Waals surface area (Å²) < 4.78 is 0. The predicted molar refractivity (Wildman–Crippen MR) is 108 cm³/mol. The first-order valence-corrected chi connectivity index (χ1v) is 9.47. The average molecular weight is 398 g/mol. The van der Waals surface area contributed by atoms with Gasteiger partial charge < -0.3 is 20.8 Å². The van der Waals surface area contributed by atoms with Crippen molar-refractivity contribution in [3.63, 3.8) is 0 Å². The highest BCUT2D eigenvalue weighted by molar-refractivity contribution is 5.95. The van der Waals surface area contributed by atoms with Gasteiger partial charge in [-0.2, -0.15) is 0 Å². The SMILES string of the molecule is CC[C@H](C)[C@@H](NC(=O)[C@H](O)[C@@H](NC(=O)c1ccccc1)c1ccccc1)C(=O)O. The van der Waals surface area contributed by atoms with Crippen molar-refractivity contribution in [2.24, 2.45) is 5.92 Å². The van der Waals surface area contributed by atoms with Gasteiger partial charge in [0.05, 0.1) is 6.04 Å². The van der Waals surface area contributed by atoms with E-state index in [1.165, 1.54) is 0 Å². The molecule has 2 amide bonds. The van der Waals surface area contributed by atoms with Crippen LogP contribution in [0.3, 0.4) is 0 Å². The summed E-state index contributed by atoms with van der Waals surface area (Å²) in [6.07, 6.45) is -1.13. The van der Waals surface area contributed by atoms with E-state index >= 15 is 0 Å². The lowest BCUT2D eigenvalue weighted by Crippen LogP contribution is -2.52. The molecule has 2 aromatic rings. The average Bonchev–Trinajstić information content (AvgIpc) is 2.75. The molecule has 0 spiro atoms. The van der Waals surface area contributed by atoms with Crippen LogP contribution in [0.2, 0.25) is 0 Å². The Kier molecular flexibility index (Phi) is 7.91. The highest BCUT2D eigenvalue weighted by atomic mass is 16.4. The summed E-state index contributed by atoms with van der Waals surface area (Å²) in [5, 5.41) is 25.2. The van der Waals surface area contributed by atoms with Gasteiger partial charge in [0.2, 0.25) is 0 Å². The Bertz CT molecular complexity index is 826. The Morgan fingerprint density at radius 2 is 1.48 bits per heavy atom. The third kappa shape index (κ3) is 5.89. The van der Waals surface area contributed by atoms with E-state index in [-0.39, 0.29) is 5.92 Å². The molecule has 2 rings (SSSR count). The van der Waals surface area contributed by atoms with Crippen LogP contribution in [0.25, 0.3) is 0 Å². The number of carbonyl (C=O) groups is 3. The molecule has 0 bridgehead atoms. The summed E-state index contributed by atoms with van der Waals surface area (Å²) in [6, 6.07) is 14.8. The molecule has 154 valence electrons. The minimum Gasteiger partial charge on any atom is -0.480 e. The van der Waals surface area contributed by atoms with Gasteiger partial charge in [-0.05, 0) is 23.6 Å². The maximum absolute atomic E-state index is 12.6. The number of hydrogen-bond donors (Lipinski definition) is 4. The van der Waals surface area contributed by atoms with Crippen molar-refractivity contribution in [2.45, 2.75) is 38.5 Å². The monoisotopic (exact) mass is 398 g/mol. The van der Waals surface area contributed by atoms with Crippen molar-refractivity contribution in [3.05, 3.63) is 71.8 Å². The van der Waals surface area contributed by atoms with Crippen molar-refractivity contribution < 1.29 is 24.6 Å². The molecule has 7 heteroatoms. The minimum absolute atomic E-state index is 0.322. The summed E-state index contributed by atoms with van der Waals surface area (Å²) in [4.78, 5) is 36.7. The summed E-state index contributed by atoms with van der Waals surface area (Å²) in [5.74, 6) is -2.81. The Morgan fingerprint density at radius 1 is 0.931 bits per heavy atom. The Hall–Kier alpha value is -3.19. The molecular formula is C22H26N2O5. The van der Waals surface area contributed by atoms with Gasteiger partial charge in [-0.3, -0.25) is 9.59 Å². The molecule has 2 aromatic carbocycles. The maximum Gasteiger partial charge on any atom is 0.326 e. The smallest absolute Gasteiger partial charge is 0.326 e. The second-order valence-corrected chi connectivity index (χ2v) is 6.88. The summed E-state index contributed by atoms with van der Waals surface area (Å²) in [7, 11) is 0. The molecule has 0 saturated heterocycles. The molecular weight excluding hydrogens is 372 g/mol. The zero-order valence-corrected chi connectivity index (χ0v) is 16.4. The van der Waals surface area contributed by atoms with Gasteiger partial charge in [0, 0.05) is 5.56 Å². The standard InChI is InChI=1S/C22H26N2O5/c1-3-14(2)17(22(28)29)23-21(27)19(25)18(15-10-6-4-7-11-15)24-20(26)16-12-8-5-9-13-16/h4-14,17-19,25H,3H2,1-2H3,(H,23,27)(H,24,26)(H,28,29)/t14-,17+,18-,19+/m0/s1. The topological polar surface area (TPSA) is 116 Å². The van der Waals surface area contributed by atoms with E-state index < -0.39 is 36.0 Å². The largest absolute Gasteiger partial charge is 0.480 e. The van der Waals surface area contributed by atoms with E-state index in [1.807, 2.05) is 6.92 Å². The fourth-order valence-corrected chi connectivity index (χ4v) is 2.89. The number of carboxylic acid groups (broad SMARTS) is 1. The Balaban J connectivity index is 2.24. The Labute approximate surface area is 169 Å². The van der Waals surface area contributed by atoms with Crippen LogP contribution >= 0.6 is 0 Å². The fourth-order valence-electron chi connectivity index (χ4n) is 2.89. The second-order valence-electron chi connectivity index (χ2n) is 6.88. The van der Waals surface area contributed by atoms with Gasteiger partial charge in [0.15, 0.2) is 6.10 Å². The van der Waals surface area contributed by atoms with E-state index in [4.69, 9.17) is 0 Å². The third-order valence-corrected chi connectivity index (χ3v) is 4.84. The van der Waals surface area contributed by atoms with E-state index in [9.17, 15) is 24.6 Å². The van der Waals surface area contributed by atoms with E-state index in [2.05, 4.69) is 10.6 Å². The summed E-state index contributed by atoms with van der Waals surface area (Å²) in [6.45, 7) is 3.52. The quantitative estimate of drug-likeness (QED) is 0.516. The number of carbonyl (C=O) groups excluding carboxylic acids is 2. The number of amides is 2. The molecule has 0 aromatic heterocycles. The number of aliphatic hydroxyl groups excluding tert-OH is 1. The molecule has 0 fully saturated rings. The highest BCUT2D eigenvalue weighted by Crippen LogP contribution is 2.19. The highest BCUT2D eigenvalue weighted by Gasteiger charge is 2.33. The number of carboxylic acids is 1. The predicted octanol–water partition coefficient (Wildman–Crippen LogP) is 2.13. The van der Waals surface area contributed by atoms with E-state index in [0.717, 1.165) is 0 Å². The number of aliphatic hydroxyl groups is 1.